The molecule has 0 radical (unpaired) electrons. The molecule has 1 aromatic carbocycles. The molecule has 0 aliphatic carbocycles. The van der Waals surface area contributed by atoms with Gasteiger partial charge in [0.15, 0.2) is 0 Å². The number of carbonyl (C=O) groups is 2. The van der Waals surface area contributed by atoms with Gasteiger partial charge in [0, 0.05) is 25.3 Å². The number of aromatic carboxylic acids is 1. The summed E-state index contributed by atoms with van der Waals surface area (Å²) in [5.41, 5.74) is -0.872. The molecule has 1 aromatic rings. The highest BCUT2D eigenvalue weighted by molar-refractivity contribution is 6.05. The zero-order valence-corrected chi connectivity index (χ0v) is 11.1. The molecule has 0 spiro atoms. The molecule has 21 heavy (non-hydrogen) atoms. The first-order valence-electron chi connectivity index (χ1n) is 6.40. The van der Waals surface area contributed by atoms with Crippen LogP contribution in [0, 0.1) is 10.1 Å². The summed E-state index contributed by atoms with van der Waals surface area (Å²) in [7, 11) is 0. The number of nitro benzene ring substituents is 1. The van der Waals surface area contributed by atoms with Crippen molar-refractivity contribution in [3.63, 3.8) is 0 Å². The Morgan fingerprint density at radius 2 is 2.19 bits per heavy atom. The number of hydrogen-bond acceptors (Lipinski definition) is 5. The number of nitrogens with zero attached hydrogens (tertiary/aromatic N) is 1. The van der Waals surface area contributed by atoms with Crippen LogP contribution in [0.15, 0.2) is 18.2 Å². The van der Waals surface area contributed by atoms with Gasteiger partial charge in [-0.1, -0.05) is 0 Å². The molecule has 112 valence electrons. The number of amides is 1. The van der Waals surface area contributed by atoms with Gasteiger partial charge in [-0.2, -0.15) is 0 Å². The quantitative estimate of drug-likeness (QED) is 0.622. The fourth-order valence-electron chi connectivity index (χ4n) is 2.13. The van der Waals surface area contributed by atoms with Gasteiger partial charge in [-0.05, 0) is 18.9 Å². The average molecular weight is 294 g/mol. The molecule has 2 N–H and O–H groups in total. The number of hydrogen-bond donors (Lipinski definition) is 2. The maximum Gasteiger partial charge on any atom is 0.336 e. The Bertz CT molecular complexity index is 580. The van der Waals surface area contributed by atoms with Crippen LogP contribution < -0.4 is 5.32 Å². The van der Waals surface area contributed by atoms with E-state index in [-0.39, 0.29) is 23.9 Å². The first kappa shape index (κ1) is 14.9. The van der Waals surface area contributed by atoms with Crippen molar-refractivity contribution in [2.24, 2.45) is 0 Å². The highest BCUT2D eigenvalue weighted by Crippen LogP contribution is 2.18. The Kier molecular flexibility index (Phi) is 4.49. The third kappa shape index (κ3) is 3.54. The average Bonchev–Trinajstić information content (AvgIpc) is 2.97. The first-order chi connectivity index (χ1) is 9.99. The third-order valence-corrected chi connectivity index (χ3v) is 3.20. The Labute approximate surface area is 119 Å². The van der Waals surface area contributed by atoms with Crippen LogP contribution in [0.25, 0.3) is 0 Å². The van der Waals surface area contributed by atoms with Crippen molar-refractivity contribution in [2.75, 3.05) is 13.2 Å². The van der Waals surface area contributed by atoms with Crippen molar-refractivity contribution in [3.05, 3.63) is 39.4 Å². The minimum absolute atomic E-state index is 0.0692. The molecule has 2 rings (SSSR count). The maximum atomic E-state index is 12.0. The fraction of sp³-hybridized carbons (Fsp3) is 0.385. The summed E-state index contributed by atoms with van der Waals surface area (Å²) in [5, 5.41) is 22.3. The highest BCUT2D eigenvalue weighted by Gasteiger charge is 2.22. The molecular formula is C13H14N2O6. The van der Waals surface area contributed by atoms with Gasteiger partial charge in [-0.3, -0.25) is 14.9 Å². The second kappa shape index (κ2) is 6.31. The lowest BCUT2D eigenvalue weighted by Crippen LogP contribution is -2.32. The van der Waals surface area contributed by atoms with Crippen LogP contribution >= 0.6 is 0 Å². The molecule has 1 saturated heterocycles. The molecule has 1 heterocycles. The fourth-order valence-corrected chi connectivity index (χ4v) is 2.13. The molecule has 8 heteroatoms. The van der Waals surface area contributed by atoms with Gasteiger partial charge in [-0.25, -0.2) is 4.79 Å². The molecule has 1 aliphatic rings. The Balaban J connectivity index is 2.15. The summed E-state index contributed by atoms with van der Waals surface area (Å²) in [6.45, 7) is 0.938. The standard InChI is InChI=1S/C13H14N2O6/c16-12(14-7-9-2-1-5-21-9)10-4-3-8(15(19)20)6-11(10)13(17)18/h3-4,6,9H,1-2,5,7H2,(H,14,16)(H,17,18). The van der Waals surface area contributed by atoms with Crippen LogP contribution in [0.3, 0.4) is 0 Å². The van der Waals surface area contributed by atoms with E-state index < -0.39 is 22.4 Å². The predicted octanol–water partition coefficient (Wildman–Crippen LogP) is 1.20. The minimum atomic E-state index is -1.39. The molecule has 1 atom stereocenters. The van der Waals surface area contributed by atoms with Crippen LogP contribution in [0.1, 0.15) is 33.6 Å². The summed E-state index contributed by atoms with van der Waals surface area (Å²) in [6.07, 6.45) is 1.70. The molecule has 0 bridgehead atoms. The number of ether oxygens (including phenoxy) is 1. The number of carboxylic acids is 1. The van der Waals surface area contributed by atoms with Crippen molar-refractivity contribution >= 4 is 17.6 Å². The Hall–Kier alpha value is -2.48. The van der Waals surface area contributed by atoms with Crippen molar-refractivity contribution in [3.8, 4) is 0 Å². The van der Waals surface area contributed by atoms with Gasteiger partial charge in [0.2, 0.25) is 0 Å². The normalized spacial score (nSPS) is 17.4. The smallest absolute Gasteiger partial charge is 0.336 e. The van der Waals surface area contributed by atoms with Gasteiger partial charge in [0.25, 0.3) is 11.6 Å². The van der Waals surface area contributed by atoms with Gasteiger partial charge >= 0.3 is 5.97 Å². The lowest BCUT2D eigenvalue weighted by atomic mass is 10.1. The van der Waals surface area contributed by atoms with E-state index >= 15 is 0 Å². The van der Waals surface area contributed by atoms with Crippen LogP contribution in [0.5, 0.6) is 0 Å². The topological polar surface area (TPSA) is 119 Å². The monoisotopic (exact) mass is 294 g/mol. The van der Waals surface area contributed by atoms with E-state index in [4.69, 9.17) is 9.84 Å². The second-order valence-corrected chi connectivity index (χ2v) is 4.64. The zero-order chi connectivity index (χ0) is 15.4. The van der Waals surface area contributed by atoms with Crippen LogP contribution in [-0.2, 0) is 4.74 Å². The van der Waals surface area contributed by atoms with Gasteiger partial charge in [0.1, 0.15) is 0 Å². The number of rotatable bonds is 5. The maximum absolute atomic E-state index is 12.0. The van der Waals surface area contributed by atoms with Crippen molar-refractivity contribution in [2.45, 2.75) is 18.9 Å². The number of nitrogens with one attached hydrogen (secondary N) is 1. The van der Waals surface area contributed by atoms with E-state index in [1.54, 1.807) is 0 Å². The summed E-state index contributed by atoms with van der Waals surface area (Å²) in [6, 6.07) is 3.13. The SMILES string of the molecule is O=C(O)c1cc([N+](=O)[O-])ccc1C(=O)NCC1CCCO1. The number of benzene rings is 1. The largest absolute Gasteiger partial charge is 0.478 e. The molecule has 1 aliphatic heterocycles. The second-order valence-electron chi connectivity index (χ2n) is 4.64. The highest BCUT2D eigenvalue weighted by atomic mass is 16.6. The molecule has 8 nitrogen and oxygen atoms in total. The van der Waals surface area contributed by atoms with Crippen molar-refractivity contribution < 1.29 is 24.4 Å². The summed E-state index contributed by atoms with van der Waals surface area (Å²) in [5.74, 6) is -1.97. The van der Waals surface area contributed by atoms with E-state index in [2.05, 4.69) is 5.32 Å². The number of non-ortho nitro benzene ring substituents is 1. The van der Waals surface area contributed by atoms with E-state index in [0.29, 0.717) is 6.61 Å². The summed E-state index contributed by atoms with van der Waals surface area (Å²) >= 11 is 0. The van der Waals surface area contributed by atoms with E-state index in [1.807, 2.05) is 0 Å². The van der Waals surface area contributed by atoms with Crippen molar-refractivity contribution in [1.82, 2.24) is 5.32 Å². The lowest BCUT2D eigenvalue weighted by molar-refractivity contribution is -0.384. The third-order valence-electron chi connectivity index (χ3n) is 3.20. The summed E-state index contributed by atoms with van der Waals surface area (Å²) in [4.78, 5) is 33.1. The van der Waals surface area contributed by atoms with E-state index in [9.17, 15) is 19.7 Å². The van der Waals surface area contributed by atoms with Crippen LogP contribution in [0.4, 0.5) is 5.69 Å². The van der Waals surface area contributed by atoms with E-state index in [0.717, 1.165) is 31.0 Å². The Morgan fingerprint density at radius 1 is 1.43 bits per heavy atom. The number of nitro groups is 1. The lowest BCUT2D eigenvalue weighted by Gasteiger charge is -2.11. The van der Waals surface area contributed by atoms with Crippen LogP contribution in [-0.4, -0.2) is 41.2 Å². The predicted molar refractivity (Wildman–Crippen MR) is 71.4 cm³/mol. The van der Waals surface area contributed by atoms with Gasteiger partial charge in [-0.15, -0.1) is 0 Å². The zero-order valence-electron chi connectivity index (χ0n) is 11.1. The minimum Gasteiger partial charge on any atom is -0.478 e. The van der Waals surface area contributed by atoms with Gasteiger partial charge < -0.3 is 15.2 Å². The van der Waals surface area contributed by atoms with E-state index in [1.165, 1.54) is 0 Å². The summed E-state index contributed by atoms with van der Waals surface area (Å²) < 4.78 is 5.35. The number of carboxylic acid groups (broad SMARTS) is 1. The Morgan fingerprint density at radius 3 is 2.76 bits per heavy atom. The molecular weight excluding hydrogens is 280 g/mol. The van der Waals surface area contributed by atoms with Crippen molar-refractivity contribution in [1.29, 1.82) is 0 Å². The van der Waals surface area contributed by atoms with Crippen LogP contribution in [0.2, 0.25) is 0 Å². The molecule has 1 amide bonds. The molecule has 0 aromatic heterocycles. The molecule has 1 fully saturated rings. The van der Waals surface area contributed by atoms with Gasteiger partial charge in [0.05, 0.1) is 22.2 Å². The molecule has 1 unspecified atom stereocenters. The first-order valence-corrected chi connectivity index (χ1v) is 6.40. The number of carbonyl (C=O) groups excluding carboxylic acids is 1. The molecule has 0 saturated carbocycles.